The van der Waals surface area contributed by atoms with E-state index in [9.17, 15) is 4.79 Å². The van der Waals surface area contributed by atoms with E-state index >= 15 is 0 Å². The maximum atomic E-state index is 11.4. The van der Waals surface area contributed by atoms with Gasteiger partial charge in [-0.25, -0.2) is 0 Å². The Morgan fingerprint density at radius 1 is 1.20 bits per heavy atom. The van der Waals surface area contributed by atoms with Crippen LogP contribution in [-0.2, 0) is 4.79 Å². The number of amides is 1. The molecule has 1 saturated heterocycles. The predicted octanol–water partition coefficient (Wildman–Crippen LogP) is 3.81. The summed E-state index contributed by atoms with van der Waals surface area (Å²) in [6, 6.07) is 6.25. The molecule has 4 nitrogen and oxygen atoms in total. The summed E-state index contributed by atoms with van der Waals surface area (Å²) in [4.78, 5) is 16.2. The zero-order valence-corrected chi connectivity index (χ0v) is 16.3. The summed E-state index contributed by atoms with van der Waals surface area (Å²) in [6.07, 6.45) is 4.10. The summed E-state index contributed by atoms with van der Waals surface area (Å²) in [5.41, 5.74) is 1.04. The van der Waals surface area contributed by atoms with Crippen LogP contribution in [-0.4, -0.2) is 49.6 Å². The molecule has 0 atom stereocenters. The van der Waals surface area contributed by atoms with Gasteiger partial charge in [0.15, 0.2) is 0 Å². The summed E-state index contributed by atoms with van der Waals surface area (Å²) in [7, 11) is 0. The Bertz CT molecular complexity index is 596. The third-order valence-corrected chi connectivity index (χ3v) is 6.23. The molecule has 1 aromatic rings. The van der Waals surface area contributed by atoms with Gasteiger partial charge in [-0.3, -0.25) is 9.69 Å². The number of benzene rings is 1. The Morgan fingerprint density at radius 3 is 2.60 bits per heavy atom. The lowest BCUT2D eigenvalue weighted by Crippen LogP contribution is -2.48. The van der Waals surface area contributed by atoms with Crippen molar-refractivity contribution in [2.75, 3.05) is 37.6 Å². The lowest BCUT2D eigenvalue weighted by atomic mass is 9.78. The molecule has 1 saturated carbocycles. The van der Waals surface area contributed by atoms with Crippen LogP contribution in [0.4, 0.5) is 5.69 Å². The smallest absolute Gasteiger partial charge is 0.219 e. The molecule has 1 aliphatic carbocycles. The summed E-state index contributed by atoms with van der Waals surface area (Å²) in [5, 5.41) is 4.37. The number of hydrogen-bond donors (Lipinski definition) is 1. The second-order valence-electron chi connectivity index (χ2n) is 7.15. The Kier molecular flexibility index (Phi) is 6.48. The highest BCUT2D eigenvalue weighted by Gasteiger charge is 2.30. The van der Waals surface area contributed by atoms with Gasteiger partial charge < -0.3 is 10.2 Å². The molecule has 0 bridgehead atoms. The molecule has 2 fully saturated rings. The number of carbonyl (C=O) groups excluding carboxylic acids is 1. The number of nitrogens with one attached hydrogen (secondary N) is 1. The molecule has 0 aromatic heterocycles. The van der Waals surface area contributed by atoms with Crippen molar-refractivity contribution in [3.63, 3.8) is 0 Å². The third kappa shape index (κ3) is 4.81. The molecule has 2 aliphatic rings. The lowest BCUT2D eigenvalue weighted by Gasteiger charge is -2.39. The first-order valence-electron chi connectivity index (χ1n) is 9.27. The number of piperazine rings is 1. The summed E-state index contributed by atoms with van der Waals surface area (Å²) >= 11 is 12.5. The number of halogens is 2. The molecular formula is C19H27Cl2N3O. The maximum Gasteiger partial charge on any atom is 0.219 e. The standard InChI is InChI=1S/C19H27Cl2N3O/c1-2-18(25)22-15-12-14(13-15)6-7-23-8-10-24(11-9-23)17-5-3-4-16(20)19(17)21/h3-5,14-15H,2,6-13H2,1H3,(H,22,25). The van der Waals surface area contributed by atoms with E-state index in [0.29, 0.717) is 22.5 Å². The van der Waals surface area contributed by atoms with E-state index in [2.05, 4.69) is 15.1 Å². The largest absolute Gasteiger partial charge is 0.368 e. The van der Waals surface area contributed by atoms with E-state index in [1.54, 1.807) is 0 Å². The van der Waals surface area contributed by atoms with Crippen molar-refractivity contribution in [1.29, 1.82) is 0 Å². The van der Waals surface area contributed by atoms with Crippen molar-refractivity contribution < 1.29 is 4.79 Å². The zero-order valence-electron chi connectivity index (χ0n) is 14.8. The van der Waals surface area contributed by atoms with Gasteiger partial charge in [0.05, 0.1) is 15.7 Å². The van der Waals surface area contributed by atoms with Gasteiger partial charge in [-0.2, -0.15) is 0 Å². The molecule has 0 spiro atoms. The summed E-state index contributed by atoms with van der Waals surface area (Å²) in [6.45, 7) is 7.15. The zero-order chi connectivity index (χ0) is 17.8. The van der Waals surface area contributed by atoms with E-state index in [1.165, 1.54) is 6.42 Å². The van der Waals surface area contributed by atoms with Gasteiger partial charge in [-0.05, 0) is 43.9 Å². The van der Waals surface area contributed by atoms with Crippen LogP contribution >= 0.6 is 23.2 Å². The van der Waals surface area contributed by atoms with E-state index in [1.807, 2.05) is 25.1 Å². The van der Waals surface area contributed by atoms with Crippen molar-refractivity contribution in [1.82, 2.24) is 10.2 Å². The van der Waals surface area contributed by atoms with Crippen LogP contribution in [0.1, 0.15) is 32.6 Å². The molecule has 1 amide bonds. The van der Waals surface area contributed by atoms with E-state index < -0.39 is 0 Å². The van der Waals surface area contributed by atoms with E-state index in [4.69, 9.17) is 23.2 Å². The highest BCUT2D eigenvalue weighted by atomic mass is 35.5. The molecule has 138 valence electrons. The highest BCUT2D eigenvalue weighted by molar-refractivity contribution is 6.43. The maximum absolute atomic E-state index is 11.4. The molecule has 0 radical (unpaired) electrons. The predicted molar refractivity (Wildman–Crippen MR) is 105 cm³/mol. The number of anilines is 1. The molecular weight excluding hydrogens is 357 g/mol. The Morgan fingerprint density at radius 2 is 1.92 bits per heavy atom. The fraction of sp³-hybridized carbons (Fsp3) is 0.632. The highest BCUT2D eigenvalue weighted by Crippen LogP contribution is 2.33. The van der Waals surface area contributed by atoms with Gasteiger partial charge in [0, 0.05) is 38.6 Å². The summed E-state index contributed by atoms with van der Waals surface area (Å²) < 4.78 is 0. The van der Waals surface area contributed by atoms with Crippen LogP contribution in [0.15, 0.2) is 18.2 Å². The van der Waals surface area contributed by atoms with Gasteiger partial charge in [0.25, 0.3) is 0 Å². The normalized spacial score (nSPS) is 24.0. The van der Waals surface area contributed by atoms with Crippen LogP contribution in [0.25, 0.3) is 0 Å². The number of nitrogens with zero attached hydrogens (tertiary/aromatic N) is 2. The first kappa shape index (κ1) is 18.8. The molecule has 25 heavy (non-hydrogen) atoms. The number of hydrogen-bond acceptors (Lipinski definition) is 3. The lowest BCUT2D eigenvalue weighted by molar-refractivity contribution is -0.122. The second-order valence-corrected chi connectivity index (χ2v) is 7.93. The minimum absolute atomic E-state index is 0.180. The van der Waals surface area contributed by atoms with E-state index in [0.717, 1.165) is 57.2 Å². The summed E-state index contributed by atoms with van der Waals surface area (Å²) in [5.74, 6) is 0.946. The first-order valence-corrected chi connectivity index (χ1v) is 10.0. The minimum Gasteiger partial charge on any atom is -0.368 e. The SMILES string of the molecule is CCC(=O)NC1CC(CCN2CCN(c3cccc(Cl)c3Cl)CC2)C1. The quantitative estimate of drug-likeness (QED) is 0.810. The van der Waals surface area contributed by atoms with Gasteiger partial charge in [0.2, 0.25) is 5.91 Å². The van der Waals surface area contributed by atoms with Gasteiger partial charge in [-0.1, -0.05) is 36.2 Å². The fourth-order valence-electron chi connectivity index (χ4n) is 3.73. The third-order valence-electron chi connectivity index (χ3n) is 5.42. The van der Waals surface area contributed by atoms with Crippen molar-refractivity contribution in [3.8, 4) is 0 Å². The van der Waals surface area contributed by atoms with Crippen LogP contribution in [0.5, 0.6) is 0 Å². The number of carbonyl (C=O) groups is 1. The molecule has 0 unspecified atom stereocenters. The minimum atomic E-state index is 0.180. The van der Waals surface area contributed by atoms with Gasteiger partial charge in [0.1, 0.15) is 0 Å². The Labute approximate surface area is 160 Å². The average molecular weight is 384 g/mol. The van der Waals surface area contributed by atoms with E-state index in [-0.39, 0.29) is 5.91 Å². The van der Waals surface area contributed by atoms with Crippen molar-refractivity contribution in [3.05, 3.63) is 28.2 Å². The molecule has 3 rings (SSSR count). The average Bonchev–Trinajstić information content (AvgIpc) is 2.59. The van der Waals surface area contributed by atoms with Crippen LogP contribution in [0.3, 0.4) is 0 Å². The van der Waals surface area contributed by atoms with Crippen molar-refractivity contribution in [2.24, 2.45) is 5.92 Å². The van der Waals surface area contributed by atoms with Crippen LogP contribution < -0.4 is 10.2 Å². The van der Waals surface area contributed by atoms with Crippen LogP contribution in [0, 0.1) is 5.92 Å². The molecule has 1 aromatic carbocycles. The van der Waals surface area contributed by atoms with Crippen molar-refractivity contribution >= 4 is 34.8 Å². The monoisotopic (exact) mass is 383 g/mol. The molecule has 1 N–H and O–H groups in total. The first-order chi connectivity index (χ1) is 12.1. The fourth-order valence-corrected chi connectivity index (χ4v) is 4.15. The van der Waals surface area contributed by atoms with Gasteiger partial charge >= 0.3 is 0 Å². The van der Waals surface area contributed by atoms with Crippen LogP contribution in [0.2, 0.25) is 10.0 Å². The molecule has 1 heterocycles. The molecule has 6 heteroatoms. The second kappa shape index (κ2) is 8.61. The Balaban J connectivity index is 1.36. The van der Waals surface area contributed by atoms with Crippen molar-refractivity contribution in [2.45, 2.75) is 38.6 Å². The topological polar surface area (TPSA) is 35.6 Å². The Hall–Kier alpha value is -0.970. The van der Waals surface area contributed by atoms with Gasteiger partial charge in [-0.15, -0.1) is 0 Å². The number of rotatable bonds is 6. The molecule has 1 aliphatic heterocycles.